The number of rotatable bonds is 6. The minimum Gasteiger partial charge on any atom is -0.358 e. The van der Waals surface area contributed by atoms with Gasteiger partial charge in [-0.05, 0) is 28.1 Å². The quantitative estimate of drug-likeness (QED) is 0.595. The van der Waals surface area contributed by atoms with Crippen molar-refractivity contribution in [1.29, 1.82) is 0 Å². The molecular formula is C18H23N5O4. The van der Waals surface area contributed by atoms with Crippen LogP contribution < -0.4 is 10.6 Å². The van der Waals surface area contributed by atoms with Gasteiger partial charge in [0.15, 0.2) is 0 Å². The molecule has 9 nitrogen and oxygen atoms in total. The van der Waals surface area contributed by atoms with E-state index in [0.717, 1.165) is 0 Å². The lowest BCUT2D eigenvalue weighted by atomic mass is 9.95. The molecule has 0 bridgehead atoms. The SMILES string of the molecule is Cc1nc([N+](=O)[O-])cn1CCC(=O)Nc1cccc(NC(=O)C(C)(C)C)c1. The standard InChI is InChI=1S/C18H23N5O4/c1-12-19-15(23(26)27)11-22(12)9-8-16(24)20-13-6-5-7-14(10-13)21-17(25)18(2,3)4/h5-7,10-11H,8-9H2,1-4H3,(H,20,24)(H,21,25). The number of hydrogen-bond donors (Lipinski definition) is 2. The molecule has 144 valence electrons. The number of nitrogens with one attached hydrogen (secondary N) is 2. The third-order valence-corrected chi connectivity index (χ3v) is 3.82. The molecule has 0 aliphatic heterocycles. The molecular weight excluding hydrogens is 350 g/mol. The van der Waals surface area contributed by atoms with Gasteiger partial charge in [-0.3, -0.25) is 9.59 Å². The molecule has 2 amide bonds. The zero-order chi connectivity index (χ0) is 20.2. The minimum atomic E-state index is -0.569. The third kappa shape index (κ3) is 5.63. The molecule has 0 spiro atoms. The summed E-state index contributed by atoms with van der Waals surface area (Å²) >= 11 is 0. The van der Waals surface area contributed by atoms with Gasteiger partial charge >= 0.3 is 5.82 Å². The number of anilines is 2. The number of aromatic nitrogens is 2. The van der Waals surface area contributed by atoms with Crippen LogP contribution in [0.5, 0.6) is 0 Å². The highest BCUT2D eigenvalue weighted by molar-refractivity contribution is 5.96. The Kier molecular flexibility index (Phi) is 5.94. The highest BCUT2D eigenvalue weighted by atomic mass is 16.6. The van der Waals surface area contributed by atoms with Gasteiger partial charge in [0.25, 0.3) is 0 Å². The Hall–Kier alpha value is -3.23. The number of amides is 2. The fourth-order valence-corrected chi connectivity index (χ4v) is 2.24. The minimum absolute atomic E-state index is 0.122. The van der Waals surface area contributed by atoms with Gasteiger partial charge in [0.05, 0.1) is 0 Å². The predicted octanol–water partition coefficient (Wildman–Crippen LogP) is 3.11. The lowest BCUT2D eigenvalue weighted by Gasteiger charge is -2.18. The van der Waals surface area contributed by atoms with Crippen molar-refractivity contribution >= 4 is 29.0 Å². The van der Waals surface area contributed by atoms with Crippen LogP contribution in [0.4, 0.5) is 17.2 Å². The summed E-state index contributed by atoms with van der Waals surface area (Å²) in [6.45, 7) is 7.37. The van der Waals surface area contributed by atoms with Gasteiger partial charge in [-0.15, -0.1) is 0 Å². The smallest absolute Gasteiger partial charge is 0.358 e. The predicted molar refractivity (Wildman–Crippen MR) is 101 cm³/mol. The van der Waals surface area contributed by atoms with Crippen molar-refractivity contribution in [2.45, 2.75) is 40.7 Å². The second kappa shape index (κ2) is 7.98. The van der Waals surface area contributed by atoms with Gasteiger partial charge in [0.1, 0.15) is 6.20 Å². The van der Waals surface area contributed by atoms with E-state index in [0.29, 0.717) is 17.2 Å². The molecule has 2 N–H and O–H groups in total. The molecule has 0 aliphatic rings. The van der Waals surface area contributed by atoms with E-state index in [-0.39, 0.29) is 30.6 Å². The van der Waals surface area contributed by atoms with Crippen molar-refractivity contribution in [2.75, 3.05) is 10.6 Å². The number of carbonyl (C=O) groups excluding carboxylic acids is 2. The van der Waals surface area contributed by atoms with E-state index in [1.54, 1.807) is 35.8 Å². The molecule has 1 aromatic heterocycles. The Labute approximate surface area is 156 Å². The first-order valence-corrected chi connectivity index (χ1v) is 8.46. The molecule has 0 saturated carbocycles. The largest absolute Gasteiger partial charge is 0.381 e. The van der Waals surface area contributed by atoms with Crippen LogP contribution in [0.2, 0.25) is 0 Å². The lowest BCUT2D eigenvalue weighted by molar-refractivity contribution is -0.389. The molecule has 0 unspecified atom stereocenters. The second-order valence-corrected chi connectivity index (χ2v) is 7.18. The molecule has 2 aromatic rings. The van der Waals surface area contributed by atoms with Crippen LogP contribution in [0.3, 0.4) is 0 Å². The number of benzene rings is 1. The zero-order valence-electron chi connectivity index (χ0n) is 15.8. The molecule has 0 radical (unpaired) electrons. The Morgan fingerprint density at radius 2 is 1.85 bits per heavy atom. The molecule has 27 heavy (non-hydrogen) atoms. The normalized spacial score (nSPS) is 11.1. The van der Waals surface area contributed by atoms with Crippen LogP contribution >= 0.6 is 0 Å². The summed E-state index contributed by atoms with van der Waals surface area (Å²) in [5, 5.41) is 16.3. The first kappa shape index (κ1) is 20.1. The van der Waals surface area contributed by atoms with E-state index in [1.807, 2.05) is 20.8 Å². The molecule has 2 rings (SSSR count). The van der Waals surface area contributed by atoms with Gasteiger partial charge < -0.3 is 25.3 Å². The lowest BCUT2D eigenvalue weighted by Crippen LogP contribution is -2.27. The molecule has 1 heterocycles. The van der Waals surface area contributed by atoms with Gasteiger partial charge in [-0.2, -0.15) is 0 Å². The number of imidazole rings is 1. The van der Waals surface area contributed by atoms with Crippen molar-refractivity contribution < 1.29 is 14.5 Å². The van der Waals surface area contributed by atoms with Gasteiger partial charge in [0.2, 0.25) is 17.6 Å². The van der Waals surface area contributed by atoms with Crippen molar-refractivity contribution in [2.24, 2.45) is 5.41 Å². The highest BCUT2D eigenvalue weighted by Gasteiger charge is 2.21. The number of hydrogen-bond acceptors (Lipinski definition) is 5. The van der Waals surface area contributed by atoms with Crippen LogP contribution in [0, 0.1) is 22.5 Å². The van der Waals surface area contributed by atoms with Crippen LogP contribution in [0.15, 0.2) is 30.5 Å². The fourth-order valence-electron chi connectivity index (χ4n) is 2.24. The summed E-state index contributed by atoms with van der Waals surface area (Å²) < 4.78 is 1.57. The Morgan fingerprint density at radius 3 is 2.41 bits per heavy atom. The number of nitro groups is 1. The molecule has 1 aromatic carbocycles. The van der Waals surface area contributed by atoms with E-state index >= 15 is 0 Å². The maximum Gasteiger partial charge on any atom is 0.381 e. The van der Waals surface area contributed by atoms with Gasteiger partial charge in [-0.25, -0.2) is 0 Å². The van der Waals surface area contributed by atoms with Gasteiger partial charge in [-0.1, -0.05) is 26.8 Å². The Bertz CT molecular complexity index is 867. The second-order valence-electron chi connectivity index (χ2n) is 7.18. The van der Waals surface area contributed by atoms with Crippen molar-refractivity contribution in [3.63, 3.8) is 0 Å². The zero-order valence-corrected chi connectivity index (χ0v) is 15.8. The van der Waals surface area contributed by atoms with E-state index < -0.39 is 10.3 Å². The van der Waals surface area contributed by atoms with Crippen LogP contribution in [-0.4, -0.2) is 26.3 Å². The van der Waals surface area contributed by atoms with Crippen molar-refractivity contribution in [3.8, 4) is 0 Å². The molecule has 0 aliphatic carbocycles. The summed E-state index contributed by atoms with van der Waals surface area (Å²) in [6.07, 6.45) is 1.44. The average molecular weight is 373 g/mol. The molecule has 0 atom stereocenters. The fraction of sp³-hybridized carbons (Fsp3) is 0.389. The number of nitrogens with zero attached hydrogens (tertiary/aromatic N) is 3. The van der Waals surface area contributed by atoms with Crippen LogP contribution in [0.25, 0.3) is 0 Å². The first-order valence-electron chi connectivity index (χ1n) is 8.46. The van der Waals surface area contributed by atoms with E-state index in [9.17, 15) is 19.7 Å². The van der Waals surface area contributed by atoms with E-state index in [4.69, 9.17) is 0 Å². The topological polar surface area (TPSA) is 119 Å². The van der Waals surface area contributed by atoms with Gasteiger partial charge in [0, 0.05) is 36.7 Å². The van der Waals surface area contributed by atoms with Crippen molar-refractivity contribution in [1.82, 2.24) is 9.55 Å². The summed E-state index contributed by atoms with van der Waals surface area (Å²) in [4.78, 5) is 38.2. The average Bonchev–Trinajstić information content (AvgIpc) is 2.93. The maximum atomic E-state index is 12.2. The third-order valence-electron chi connectivity index (χ3n) is 3.82. The Morgan fingerprint density at radius 1 is 1.22 bits per heavy atom. The number of carbonyl (C=O) groups is 2. The van der Waals surface area contributed by atoms with Crippen LogP contribution in [-0.2, 0) is 16.1 Å². The first-order chi connectivity index (χ1) is 12.6. The highest BCUT2D eigenvalue weighted by Crippen LogP contribution is 2.20. The van der Waals surface area contributed by atoms with Crippen LogP contribution in [0.1, 0.15) is 33.0 Å². The molecule has 0 saturated heterocycles. The monoisotopic (exact) mass is 373 g/mol. The number of aryl methyl sites for hydroxylation is 2. The Balaban J connectivity index is 1.95. The summed E-state index contributed by atoms with van der Waals surface area (Å²) in [6, 6.07) is 6.87. The maximum absolute atomic E-state index is 12.2. The molecule has 0 fully saturated rings. The molecule has 9 heteroatoms. The summed E-state index contributed by atoms with van der Waals surface area (Å²) in [7, 11) is 0. The van der Waals surface area contributed by atoms with E-state index in [1.165, 1.54) is 6.20 Å². The summed E-state index contributed by atoms with van der Waals surface area (Å²) in [5.41, 5.74) is 0.624. The summed E-state index contributed by atoms with van der Waals surface area (Å²) in [5.74, 6) is -0.134. The van der Waals surface area contributed by atoms with E-state index in [2.05, 4.69) is 15.6 Å². The van der Waals surface area contributed by atoms with Crippen molar-refractivity contribution in [3.05, 3.63) is 46.4 Å².